The number of halogens is 3. The van der Waals surface area contributed by atoms with Crippen molar-refractivity contribution in [1.29, 1.82) is 0 Å². The molecule has 4 nitrogen and oxygen atoms in total. The molecule has 0 aromatic heterocycles. The van der Waals surface area contributed by atoms with Gasteiger partial charge in [0.05, 0.1) is 6.54 Å². The molecule has 1 unspecified atom stereocenters. The highest BCUT2D eigenvalue weighted by Crippen LogP contribution is 2.59. The zero-order valence-electron chi connectivity index (χ0n) is 21.3. The number of hydrogen-bond donors (Lipinski definition) is 1. The third-order valence-electron chi connectivity index (χ3n) is 6.82. The van der Waals surface area contributed by atoms with Crippen LogP contribution in [0.25, 0.3) is 0 Å². The minimum absolute atomic E-state index is 0.0268. The second kappa shape index (κ2) is 11.7. The second-order valence-corrected chi connectivity index (χ2v) is 14.1. The average Bonchev–Trinajstić information content (AvgIpc) is 2.85. The quantitative estimate of drug-likeness (QED) is 0.292. The van der Waals surface area contributed by atoms with E-state index in [1.165, 1.54) is 0 Å². The number of likely N-dealkylation sites (tertiary alicyclic amines) is 1. The SMILES string of the molecule is CC(C)S(O)(c1cccc(C(=O)N2CCC(c3cccc(CN=C(P)C(F)(F)F)c3)CC2)c1)C(C)C. The van der Waals surface area contributed by atoms with Gasteiger partial charge >= 0.3 is 6.18 Å². The first-order chi connectivity index (χ1) is 16.8. The van der Waals surface area contributed by atoms with Gasteiger partial charge < -0.3 is 9.45 Å². The van der Waals surface area contributed by atoms with E-state index in [4.69, 9.17) is 0 Å². The minimum atomic E-state index is -4.44. The fourth-order valence-electron chi connectivity index (χ4n) is 4.73. The lowest BCUT2D eigenvalue weighted by atomic mass is 9.88. The Kier molecular flexibility index (Phi) is 9.29. The summed E-state index contributed by atoms with van der Waals surface area (Å²) >= 11 is 0. The third kappa shape index (κ3) is 6.51. The van der Waals surface area contributed by atoms with Gasteiger partial charge in [0.1, 0.15) is 5.45 Å². The molecular formula is C27H36F3N2O2PS. The number of carbonyl (C=O) groups excluding carboxylic acids is 1. The molecule has 1 amide bonds. The van der Waals surface area contributed by atoms with Crippen LogP contribution in [0.4, 0.5) is 13.2 Å². The number of benzene rings is 2. The summed E-state index contributed by atoms with van der Waals surface area (Å²) in [5.74, 6) is 0.201. The Hall–Kier alpha value is -1.89. The van der Waals surface area contributed by atoms with Crippen LogP contribution < -0.4 is 0 Å². The highest BCUT2D eigenvalue weighted by Gasteiger charge is 2.33. The van der Waals surface area contributed by atoms with Gasteiger partial charge in [-0.1, -0.05) is 67.3 Å². The third-order valence-corrected chi connectivity index (χ3v) is 11.2. The number of rotatable bonds is 7. The number of nitrogens with zero attached hydrogens (tertiary/aromatic N) is 2. The van der Waals surface area contributed by atoms with E-state index >= 15 is 0 Å². The number of aliphatic imine (C=N–C) groups is 1. The summed E-state index contributed by atoms with van der Waals surface area (Å²) < 4.78 is 49.5. The molecule has 1 aliphatic heterocycles. The first kappa shape index (κ1) is 28.7. The maximum absolute atomic E-state index is 13.3. The first-order valence-electron chi connectivity index (χ1n) is 12.2. The lowest BCUT2D eigenvalue weighted by Crippen LogP contribution is -2.38. The molecule has 36 heavy (non-hydrogen) atoms. The van der Waals surface area contributed by atoms with Crippen molar-refractivity contribution in [1.82, 2.24) is 4.90 Å². The fraction of sp³-hybridized carbons (Fsp3) is 0.481. The molecule has 0 radical (unpaired) electrons. The van der Waals surface area contributed by atoms with E-state index in [-0.39, 0.29) is 28.9 Å². The number of hydrogen-bond acceptors (Lipinski definition) is 3. The summed E-state index contributed by atoms with van der Waals surface area (Å²) in [5, 5.41) is 0.160. The standard InChI is InChI=1S/C27H36F3N2O2PS/c1-18(2)36(34,19(3)4)24-10-6-9-23(16-24)25(33)32-13-11-21(12-14-32)22-8-5-7-20(15-22)17-31-26(35)27(28,29)30/h5-10,15-16,18-19,21,34H,11-14,17,35H2,1-4H3. The van der Waals surface area contributed by atoms with Crippen molar-refractivity contribution < 1.29 is 22.5 Å². The smallest absolute Gasteiger partial charge is 0.347 e. The molecule has 0 saturated carbocycles. The maximum Gasteiger partial charge on any atom is 0.432 e. The molecule has 1 saturated heterocycles. The molecule has 1 N–H and O–H groups in total. The zero-order valence-corrected chi connectivity index (χ0v) is 23.2. The van der Waals surface area contributed by atoms with Crippen molar-refractivity contribution >= 4 is 30.9 Å². The Balaban J connectivity index is 1.67. The Morgan fingerprint density at radius 3 is 2.28 bits per heavy atom. The van der Waals surface area contributed by atoms with E-state index in [0.29, 0.717) is 18.7 Å². The van der Waals surface area contributed by atoms with Crippen molar-refractivity contribution in [2.45, 2.75) is 74.6 Å². The van der Waals surface area contributed by atoms with E-state index in [0.717, 1.165) is 28.9 Å². The van der Waals surface area contributed by atoms with Crippen LogP contribution in [0, 0.1) is 0 Å². The van der Waals surface area contributed by atoms with Gasteiger partial charge in [-0.05, 0) is 48.1 Å². The van der Waals surface area contributed by atoms with Crippen molar-refractivity contribution in [2.24, 2.45) is 4.99 Å². The van der Waals surface area contributed by atoms with Crippen LogP contribution in [0.3, 0.4) is 0 Å². The Labute approximate surface area is 216 Å². The number of carbonyl (C=O) groups is 1. The highest BCUT2D eigenvalue weighted by atomic mass is 32.3. The van der Waals surface area contributed by atoms with Crippen LogP contribution >= 0.6 is 19.5 Å². The molecule has 1 heterocycles. The van der Waals surface area contributed by atoms with Crippen LogP contribution in [0.15, 0.2) is 58.4 Å². The molecule has 2 aromatic rings. The van der Waals surface area contributed by atoms with Gasteiger partial charge in [-0.2, -0.15) is 13.2 Å². The van der Waals surface area contributed by atoms with E-state index in [2.05, 4.69) is 4.99 Å². The van der Waals surface area contributed by atoms with Crippen LogP contribution in [-0.4, -0.2) is 50.6 Å². The number of alkyl halides is 3. The number of piperidine rings is 1. The largest absolute Gasteiger partial charge is 0.432 e. The predicted octanol–water partition coefficient (Wildman–Crippen LogP) is 7.50. The summed E-state index contributed by atoms with van der Waals surface area (Å²) in [5.41, 5.74) is 1.48. The van der Waals surface area contributed by atoms with E-state index in [1.807, 2.05) is 75.1 Å². The van der Waals surface area contributed by atoms with Crippen molar-refractivity contribution in [3.05, 3.63) is 65.2 Å². The molecule has 0 aliphatic carbocycles. The molecule has 198 valence electrons. The van der Waals surface area contributed by atoms with E-state index in [1.54, 1.807) is 15.3 Å². The van der Waals surface area contributed by atoms with Crippen molar-refractivity contribution in [3.8, 4) is 0 Å². The van der Waals surface area contributed by atoms with Crippen molar-refractivity contribution in [2.75, 3.05) is 13.1 Å². The normalized spacial score (nSPS) is 16.6. The first-order valence-corrected chi connectivity index (χ1v) is 14.5. The summed E-state index contributed by atoms with van der Waals surface area (Å²) in [4.78, 5) is 19.6. The summed E-state index contributed by atoms with van der Waals surface area (Å²) in [6, 6.07) is 15.0. The molecule has 1 atom stereocenters. The summed E-state index contributed by atoms with van der Waals surface area (Å²) in [7, 11) is -0.392. The predicted molar refractivity (Wildman–Crippen MR) is 146 cm³/mol. The summed E-state index contributed by atoms with van der Waals surface area (Å²) in [6.45, 7) is 9.26. The van der Waals surface area contributed by atoms with Gasteiger partial charge in [0, 0.05) is 34.0 Å². The van der Waals surface area contributed by atoms with Crippen LogP contribution in [0.5, 0.6) is 0 Å². The molecule has 0 spiro atoms. The zero-order chi connectivity index (χ0) is 26.7. The molecule has 0 bridgehead atoms. The van der Waals surface area contributed by atoms with Gasteiger partial charge in [-0.3, -0.25) is 9.79 Å². The molecule has 1 aliphatic rings. The van der Waals surface area contributed by atoms with E-state index < -0.39 is 21.9 Å². The second-order valence-electron chi connectivity index (χ2n) is 9.81. The van der Waals surface area contributed by atoms with E-state index in [9.17, 15) is 22.5 Å². The van der Waals surface area contributed by atoms with Crippen LogP contribution in [0.2, 0.25) is 0 Å². The minimum Gasteiger partial charge on any atom is -0.347 e. The van der Waals surface area contributed by atoms with Gasteiger partial charge in [0.2, 0.25) is 0 Å². The monoisotopic (exact) mass is 540 g/mol. The van der Waals surface area contributed by atoms with Crippen LogP contribution in [0.1, 0.15) is 67.9 Å². The molecule has 3 rings (SSSR count). The number of amides is 1. The molecule has 9 heteroatoms. The summed E-state index contributed by atoms with van der Waals surface area (Å²) in [6.07, 6.45) is -2.88. The fourth-order valence-corrected chi connectivity index (χ4v) is 7.61. The highest BCUT2D eigenvalue weighted by molar-refractivity contribution is 8.30. The molecule has 1 fully saturated rings. The lowest BCUT2D eigenvalue weighted by Gasteiger charge is -2.42. The molecular weight excluding hydrogens is 504 g/mol. The average molecular weight is 541 g/mol. The lowest BCUT2D eigenvalue weighted by molar-refractivity contribution is -0.0557. The van der Waals surface area contributed by atoms with Gasteiger partial charge in [-0.25, -0.2) is 0 Å². The van der Waals surface area contributed by atoms with Gasteiger partial charge in [0.25, 0.3) is 5.91 Å². The Morgan fingerprint density at radius 2 is 1.69 bits per heavy atom. The maximum atomic E-state index is 13.3. The van der Waals surface area contributed by atoms with Crippen molar-refractivity contribution in [3.63, 3.8) is 0 Å². The topological polar surface area (TPSA) is 52.9 Å². The van der Waals surface area contributed by atoms with Gasteiger partial charge in [-0.15, -0.1) is 10.3 Å². The van der Waals surface area contributed by atoms with Gasteiger partial charge in [0.15, 0.2) is 0 Å². The molecule has 2 aromatic carbocycles. The Bertz CT molecular complexity index is 1090. The van der Waals surface area contributed by atoms with Crippen LogP contribution in [-0.2, 0) is 6.54 Å². The Morgan fingerprint density at radius 1 is 1.08 bits per heavy atom.